The van der Waals surface area contributed by atoms with Crippen molar-refractivity contribution in [1.29, 1.82) is 0 Å². The topological polar surface area (TPSA) is 65.0 Å². The number of aromatic nitrogens is 2. The van der Waals surface area contributed by atoms with Crippen molar-refractivity contribution in [2.75, 3.05) is 33.2 Å². The summed E-state index contributed by atoms with van der Waals surface area (Å²) in [7, 11) is 1.72. The number of imide groups is 1. The molecular weight excluding hydrogens is 472 g/mol. The van der Waals surface area contributed by atoms with Crippen molar-refractivity contribution in [2.45, 2.75) is 39.2 Å². The summed E-state index contributed by atoms with van der Waals surface area (Å²) >= 11 is 3.49. The lowest BCUT2D eigenvalue weighted by Gasteiger charge is -2.35. The number of carbonyl (C=O) groups is 2. The Morgan fingerprint density at radius 2 is 1.75 bits per heavy atom. The Kier molecular flexibility index (Phi) is 5.41. The van der Waals surface area contributed by atoms with Gasteiger partial charge in [-0.05, 0) is 64.0 Å². The number of carbonyl (C=O) groups excluding carboxylic acids is 2. The molecule has 0 spiro atoms. The van der Waals surface area contributed by atoms with E-state index in [-0.39, 0.29) is 11.9 Å². The van der Waals surface area contributed by atoms with Gasteiger partial charge in [0.25, 0.3) is 5.91 Å². The molecule has 168 valence electrons. The van der Waals surface area contributed by atoms with Gasteiger partial charge >= 0.3 is 12.0 Å². The van der Waals surface area contributed by atoms with Crippen LogP contribution in [-0.2, 0) is 4.79 Å². The van der Waals surface area contributed by atoms with Crippen LogP contribution in [0.1, 0.15) is 36.7 Å². The molecule has 2 saturated heterocycles. The van der Waals surface area contributed by atoms with E-state index in [1.165, 1.54) is 29.1 Å². The predicted octanol–water partition coefficient (Wildman–Crippen LogP) is 3.11. The highest BCUT2D eigenvalue weighted by molar-refractivity contribution is 9.10. The molecule has 0 aliphatic carbocycles. The molecule has 1 unspecified atom stereocenters. The van der Waals surface area contributed by atoms with Gasteiger partial charge in [-0.25, -0.2) is 9.36 Å². The SMILES string of the molecule is Cc1c(C)[n+]2c(n1-c1ccc(Br)cc1)N=C1C2C(=O)N(CCN2CCCCC2)C(=O)N1C. The number of imidazole rings is 1. The summed E-state index contributed by atoms with van der Waals surface area (Å²) in [5.41, 5.74) is 2.96. The van der Waals surface area contributed by atoms with E-state index < -0.39 is 6.04 Å². The van der Waals surface area contributed by atoms with Gasteiger partial charge in [-0.1, -0.05) is 27.3 Å². The third kappa shape index (κ3) is 3.29. The molecule has 1 atom stereocenters. The fourth-order valence-electron chi connectivity index (χ4n) is 4.97. The van der Waals surface area contributed by atoms with E-state index in [2.05, 4.69) is 25.4 Å². The quantitative estimate of drug-likeness (QED) is 0.607. The minimum Gasteiger partial charge on any atom is -0.302 e. The van der Waals surface area contributed by atoms with E-state index >= 15 is 0 Å². The maximum absolute atomic E-state index is 13.6. The zero-order chi connectivity index (χ0) is 22.6. The lowest BCUT2D eigenvalue weighted by molar-refractivity contribution is -0.682. The third-order valence-electron chi connectivity index (χ3n) is 6.89. The number of piperidine rings is 1. The number of fused-ring (bicyclic) bond motifs is 3. The zero-order valence-electron chi connectivity index (χ0n) is 18.7. The number of benzene rings is 1. The summed E-state index contributed by atoms with van der Waals surface area (Å²) in [4.78, 5) is 36.8. The van der Waals surface area contributed by atoms with Crippen molar-refractivity contribution < 1.29 is 14.2 Å². The van der Waals surface area contributed by atoms with Crippen LogP contribution in [0.4, 0.5) is 10.7 Å². The van der Waals surface area contributed by atoms with Crippen LogP contribution in [-0.4, -0.2) is 70.3 Å². The van der Waals surface area contributed by atoms with Gasteiger partial charge in [-0.15, -0.1) is 0 Å². The van der Waals surface area contributed by atoms with Crippen LogP contribution in [0.2, 0.25) is 0 Å². The van der Waals surface area contributed by atoms with E-state index in [9.17, 15) is 9.59 Å². The summed E-state index contributed by atoms with van der Waals surface area (Å²) in [5.74, 6) is 0.982. The fourth-order valence-corrected chi connectivity index (χ4v) is 5.23. The number of rotatable bonds is 4. The first kappa shape index (κ1) is 21.3. The minimum absolute atomic E-state index is 0.191. The molecule has 2 fully saturated rings. The van der Waals surface area contributed by atoms with Gasteiger partial charge in [-0.2, -0.15) is 4.57 Å². The van der Waals surface area contributed by atoms with Gasteiger partial charge < -0.3 is 4.90 Å². The molecule has 0 radical (unpaired) electrons. The molecule has 1 aromatic heterocycles. The summed E-state index contributed by atoms with van der Waals surface area (Å²) in [6.07, 6.45) is 3.63. The summed E-state index contributed by atoms with van der Waals surface area (Å²) in [6, 6.07) is 7.10. The molecule has 0 saturated carbocycles. The summed E-state index contributed by atoms with van der Waals surface area (Å²) in [6.45, 7) is 7.25. The summed E-state index contributed by atoms with van der Waals surface area (Å²) < 4.78 is 5.03. The van der Waals surface area contributed by atoms with Gasteiger partial charge in [0.15, 0.2) is 0 Å². The second-order valence-corrected chi connectivity index (χ2v) is 9.67. The van der Waals surface area contributed by atoms with Crippen LogP contribution < -0.4 is 4.57 Å². The largest absolute Gasteiger partial charge is 0.407 e. The molecule has 0 bridgehead atoms. The number of hydrogen-bond donors (Lipinski definition) is 0. The molecule has 4 heterocycles. The molecule has 1 aromatic carbocycles. The number of urea groups is 1. The number of likely N-dealkylation sites (tertiary alicyclic amines) is 1. The van der Waals surface area contributed by atoms with Gasteiger partial charge in [-0.3, -0.25) is 14.6 Å². The van der Waals surface area contributed by atoms with Crippen LogP contribution in [0, 0.1) is 13.8 Å². The van der Waals surface area contributed by atoms with Crippen molar-refractivity contribution in [3.63, 3.8) is 0 Å². The molecule has 32 heavy (non-hydrogen) atoms. The smallest absolute Gasteiger partial charge is 0.302 e. The molecule has 2 aromatic rings. The first-order valence-corrected chi connectivity index (χ1v) is 12.0. The number of amides is 3. The highest BCUT2D eigenvalue weighted by atomic mass is 79.9. The van der Waals surface area contributed by atoms with Crippen molar-refractivity contribution in [2.24, 2.45) is 4.99 Å². The number of aliphatic imine (C=N–C) groups is 1. The minimum atomic E-state index is -0.607. The first-order chi connectivity index (χ1) is 15.4. The monoisotopic (exact) mass is 499 g/mol. The molecule has 3 aliphatic heterocycles. The highest BCUT2D eigenvalue weighted by Gasteiger charge is 2.54. The van der Waals surface area contributed by atoms with Crippen LogP contribution in [0.15, 0.2) is 33.7 Å². The second kappa shape index (κ2) is 8.12. The van der Waals surface area contributed by atoms with Crippen LogP contribution in [0.5, 0.6) is 0 Å². The maximum atomic E-state index is 13.6. The normalized spacial score (nSPS) is 21.1. The Bertz CT molecular complexity index is 1120. The van der Waals surface area contributed by atoms with Crippen molar-refractivity contribution in [1.82, 2.24) is 19.3 Å². The lowest BCUT2D eigenvalue weighted by Crippen LogP contribution is -2.64. The number of amidine groups is 1. The Balaban J connectivity index is 1.50. The van der Waals surface area contributed by atoms with Gasteiger partial charge in [0.05, 0.1) is 0 Å². The Hall–Kier alpha value is -2.52. The Morgan fingerprint density at radius 1 is 1.06 bits per heavy atom. The van der Waals surface area contributed by atoms with Crippen molar-refractivity contribution >= 4 is 39.7 Å². The Labute approximate surface area is 196 Å². The molecule has 0 N–H and O–H groups in total. The summed E-state index contributed by atoms with van der Waals surface area (Å²) in [5, 5.41) is 0. The van der Waals surface area contributed by atoms with E-state index in [0.717, 1.165) is 41.2 Å². The first-order valence-electron chi connectivity index (χ1n) is 11.2. The van der Waals surface area contributed by atoms with Gasteiger partial charge in [0, 0.05) is 24.6 Å². The molecular formula is C23H28BrN6O2+. The number of halogens is 1. The van der Waals surface area contributed by atoms with Gasteiger partial charge in [0.1, 0.15) is 17.1 Å². The van der Waals surface area contributed by atoms with Crippen molar-refractivity contribution in [3.8, 4) is 5.69 Å². The maximum Gasteiger partial charge on any atom is 0.407 e. The third-order valence-corrected chi connectivity index (χ3v) is 7.42. The zero-order valence-corrected chi connectivity index (χ0v) is 20.3. The molecule has 3 aliphatic rings. The Morgan fingerprint density at radius 3 is 2.44 bits per heavy atom. The highest BCUT2D eigenvalue weighted by Crippen LogP contribution is 2.33. The van der Waals surface area contributed by atoms with E-state index in [1.807, 2.05) is 42.7 Å². The number of nitrogens with zero attached hydrogens (tertiary/aromatic N) is 6. The predicted molar refractivity (Wildman–Crippen MR) is 124 cm³/mol. The van der Waals surface area contributed by atoms with Crippen LogP contribution >= 0.6 is 15.9 Å². The van der Waals surface area contributed by atoms with Crippen molar-refractivity contribution in [3.05, 3.63) is 40.1 Å². The standard InChI is InChI=1S/C23H28BrN6O2/c1-15-16(2)30-19-20(25-22(30)29(15)18-9-7-17(24)8-10-18)26(3)23(32)28(21(19)31)14-13-27-11-5-4-6-12-27/h7-10,19H,4-6,11-14H2,1-3H3/q+1. The van der Waals surface area contributed by atoms with Gasteiger partial charge in [0.2, 0.25) is 11.9 Å². The van der Waals surface area contributed by atoms with Crippen LogP contribution in [0.3, 0.4) is 0 Å². The van der Waals surface area contributed by atoms with Crippen LogP contribution in [0.25, 0.3) is 5.69 Å². The molecule has 8 nitrogen and oxygen atoms in total. The molecule has 9 heteroatoms. The number of hydrogen-bond acceptors (Lipinski definition) is 4. The lowest BCUT2D eigenvalue weighted by atomic mass is 10.1. The average Bonchev–Trinajstić information content (AvgIpc) is 3.29. The fraction of sp³-hybridized carbons (Fsp3) is 0.478. The van der Waals surface area contributed by atoms with E-state index in [4.69, 9.17) is 4.99 Å². The number of likely N-dealkylation sites (N-methyl/N-ethyl adjacent to an activating group) is 1. The molecule has 3 amide bonds. The average molecular weight is 500 g/mol. The van der Waals surface area contributed by atoms with E-state index in [1.54, 1.807) is 7.05 Å². The van der Waals surface area contributed by atoms with E-state index in [0.29, 0.717) is 18.3 Å². The molecule has 5 rings (SSSR count). The second-order valence-electron chi connectivity index (χ2n) is 8.76.